The molecule has 22 heavy (non-hydrogen) atoms. The van der Waals surface area contributed by atoms with Crippen molar-refractivity contribution in [3.63, 3.8) is 0 Å². The Labute approximate surface area is 133 Å². The van der Waals surface area contributed by atoms with Crippen LogP contribution in [0.5, 0.6) is 0 Å². The topological polar surface area (TPSA) is 41.8 Å². The smallest absolute Gasteiger partial charge is 0.147 e. The summed E-state index contributed by atoms with van der Waals surface area (Å²) in [5.41, 5.74) is 3.58. The van der Waals surface area contributed by atoms with Gasteiger partial charge in [0.05, 0.1) is 17.3 Å². The number of carbonyl (C=O) groups is 1. The molecule has 0 N–H and O–H groups in total. The van der Waals surface area contributed by atoms with Crippen LogP contribution in [0.15, 0.2) is 51.8 Å². The van der Waals surface area contributed by atoms with E-state index in [1.54, 1.807) is 11.3 Å². The molecule has 1 aliphatic heterocycles. The van der Waals surface area contributed by atoms with E-state index in [4.69, 9.17) is 4.99 Å². The van der Waals surface area contributed by atoms with Crippen molar-refractivity contribution in [2.24, 2.45) is 15.9 Å². The largest absolute Gasteiger partial charge is 0.299 e. The number of nitrogens with zero attached hydrogens (tertiary/aromatic N) is 2. The number of ketones is 1. The quantitative estimate of drug-likeness (QED) is 0.753. The van der Waals surface area contributed by atoms with Gasteiger partial charge in [0, 0.05) is 28.6 Å². The highest BCUT2D eigenvalue weighted by atomic mass is 32.1. The lowest BCUT2D eigenvalue weighted by molar-refractivity contribution is -0.120. The van der Waals surface area contributed by atoms with E-state index in [1.165, 1.54) is 4.88 Å². The third-order valence-corrected chi connectivity index (χ3v) is 5.40. The molecule has 0 amide bonds. The first-order valence-electron chi connectivity index (χ1n) is 7.50. The highest BCUT2D eigenvalue weighted by molar-refractivity contribution is 7.10. The van der Waals surface area contributed by atoms with Crippen molar-refractivity contribution in [2.45, 2.75) is 25.7 Å². The van der Waals surface area contributed by atoms with Crippen molar-refractivity contribution in [3.05, 3.63) is 46.7 Å². The minimum Gasteiger partial charge on any atom is -0.299 e. The van der Waals surface area contributed by atoms with Crippen LogP contribution in [0.4, 0.5) is 11.4 Å². The van der Waals surface area contributed by atoms with E-state index < -0.39 is 0 Å². The number of thiophene rings is 1. The molecule has 1 aromatic heterocycles. The monoisotopic (exact) mass is 308 g/mol. The van der Waals surface area contributed by atoms with Crippen molar-refractivity contribution in [3.8, 4) is 0 Å². The number of carbonyl (C=O) groups excluding carboxylic acids is 1. The fourth-order valence-corrected chi connectivity index (χ4v) is 4.19. The lowest BCUT2D eigenvalue weighted by atomic mass is 9.77. The summed E-state index contributed by atoms with van der Waals surface area (Å²) in [6, 6.07) is 12.0. The summed E-state index contributed by atoms with van der Waals surface area (Å²) >= 11 is 1.73. The van der Waals surface area contributed by atoms with Crippen LogP contribution < -0.4 is 0 Å². The number of aliphatic imine (C=N–C) groups is 2. The second kappa shape index (κ2) is 5.29. The van der Waals surface area contributed by atoms with Gasteiger partial charge in [-0.1, -0.05) is 18.2 Å². The Balaban J connectivity index is 1.79. The average Bonchev–Trinajstić information content (AvgIpc) is 2.98. The van der Waals surface area contributed by atoms with Gasteiger partial charge in [0.1, 0.15) is 5.78 Å². The second-order valence-electron chi connectivity index (χ2n) is 5.86. The summed E-state index contributed by atoms with van der Waals surface area (Å²) in [6.07, 6.45) is 1.44. The zero-order valence-electron chi connectivity index (χ0n) is 12.3. The first kappa shape index (κ1) is 13.6. The van der Waals surface area contributed by atoms with Crippen LogP contribution in [0.2, 0.25) is 0 Å². The number of para-hydroxylation sites is 2. The zero-order chi connectivity index (χ0) is 15.1. The summed E-state index contributed by atoms with van der Waals surface area (Å²) in [7, 11) is 0. The maximum absolute atomic E-state index is 12.7. The van der Waals surface area contributed by atoms with Crippen LogP contribution in [0.3, 0.4) is 0 Å². The van der Waals surface area contributed by atoms with Crippen molar-refractivity contribution in [2.75, 3.05) is 0 Å². The fourth-order valence-electron chi connectivity index (χ4n) is 3.36. The molecule has 3 nitrogen and oxygen atoms in total. The molecule has 0 bridgehead atoms. The Morgan fingerprint density at radius 1 is 1.05 bits per heavy atom. The summed E-state index contributed by atoms with van der Waals surface area (Å²) in [6.45, 7) is 1.95. The molecule has 0 radical (unpaired) electrons. The van der Waals surface area contributed by atoms with Gasteiger partial charge in [0.15, 0.2) is 0 Å². The van der Waals surface area contributed by atoms with Gasteiger partial charge in [-0.3, -0.25) is 14.8 Å². The molecule has 2 atom stereocenters. The molecule has 1 aliphatic carbocycles. The minimum atomic E-state index is -0.233. The van der Waals surface area contributed by atoms with Gasteiger partial charge >= 0.3 is 0 Å². The van der Waals surface area contributed by atoms with Gasteiger partial charge in [0.2, 0.25) is 0 Å². The first-order valence-corrected chi connectivity index (χ1v) is 8.38. The van der Waals surface area contributed by atoms with Crippen molar-refractivity contribution in [1.29, 1.82) is 0 Å². The molecule has 2 aromatic rings. The summed E-state index contributed by atoms with van der Waals surface area (Å²) in [5, 5.41) is 2.07. The van der Waals surface area contributed by atoms with E-state index in [0.717, 1.165) is 29.2 Å². The molecular formula is C18H16N2OS. The summed E-state index contributed by atoms with van der Waals surface area (Å²) in [4.78, 5) is 23.4. The molecule has 1 saturated carbocycles. The Kier molecular flexibility index (Phi) is 3.26. The zero-order valence-corrected chi connectivity index (χ0v) is 13.1. The molecule has 2 heterocycles. The normalized spacial score (nSPS) is 24.0. The lowest BCUT2D eigenvalue weighted by Crippen LogP contribution is -2.36. The van der Waals surface area contributed by atoms with Crippen LogP contribution in [0, 0.1) is 5.92 Å². The minimum absolute atomic E-state index is 0.233. The van der Waals surface area contributed by atoms with Crippen molar-refractivity contribution < 1.29 is 4.79 Å². The predicted octanol–water partition coefficient (Wildman–Crippen LogP) is 4.69. The number of fused-ring (bicyclic) bond motifs is 2. The van der Waals surface area contributed by atoms with E-state index in [9.17, 15) is 4.79 Å². The van der Waals surface area contributed by atoms with E-state index in [1.807, 2.05) is 37.3 Å². The van der Waals surface area contributed by atoms with Crippen molar-refractivity contribution in [1.82, 2.24) is 0 Å². The third kappa shape index (κ3) is 2.24. The molecule has 0 saturated heterocycles. The number of benzene rings is 1. The number of hydrogen-bond donors (Lipinski definition) is 0. The van der Waals surface area contributed by atoms with Gasteiger partial charge in [-0.05, 0) is 36.9 Å². The Morgan fingerprint density at radius 3 is 2.55 bits per heavy atom. The Morgan fingerprint density at radius 2 is 1.82 bits per heavy atom. The molecule has 2 aliphatic rings. The van der Waals surface area contributed by atoms with Crippen LogP contribution in [0.1, 0.15) is 30.6 Å². The molecule has 1 aromatic carbocycles. The van der Waals surface area contributed by atoms with Gasteiger partial charge in [-0.2, -0.15) is 0 Å². The molecule has 0 spiro atoms. The highest BCUT2D eigenvalue weighted by Gasteiger charge is 2.37. The SMILES string of the molecule is CC1=Nc2ccccc2N=C2C[C@H](c3cccs3)CC(=O)[C@@H]12. The van der Waals surface area contributed by atoms with Crippen molar-refractivity contribution >= 4 is 39.9 Å². The summed E-state index contributed by atoms with van der Waals surface area (Å²) < 4.78 is 0. The fraction of sp³-hybridized carbons (Fsp3) is 0.278. The summed E-state index contributed by atoms with van der Waals surface area (Å²) in [5.74, 6) is 0.279. The van der Waals surface area contributed by atoms with Crippen LogP contribution in [-0.2, 0) is 4.79 Å². The van der Waals surface area contributed by atoms with Gasteiger partial charge in [-0.15, -0.1) is 11.3 Å². The first-order chi connectivity index (χ1) is 10.7. The van der Waals surface area contributed by atoms with E-state index in [-0.39, 0.29) is 17.6 Å². The van der Waals surface area contributed by atoms with Crippen LogP contribution in [0.25, 0.3) is 0 Å². The third-order valence-electron chi connectivity index (χ3n) is 4.36. The molecule has 0 unspecified atom stereocenters. The van der Waals surface area contributed by atoms with E-state index in [0.29, 0.717) is 6.42 Å². The van der Waals surface area contributed by atoms with Gasteiger partial charge in [-0.25, -0.2) is 0 Å². The number of Topliss-reactive ketones (excluding diaryl/α,β-unsaturated/α-hetero) is 1. The van der Waals surface area contributed by atoms with Crippen LogP contribution >= 0.6 is 11.3 Å². The average molecular weight is 308 g/mol. The molecule has 4 heteroatoms. The van der Waals surface area contributed by atoms with Gasteiger partial charge in [0.25, 0.3) is 0 Å². The highest BCUT2D eigenvalue weighted by Crippen LogP contribution is 2.39. The van der Waals surface area contributed by atoms with E-state index in [2.05, 4.69) is 16.4 Å². The molecular weight excluding hydrogens is 292 g/mol. The maximum atomic E-state index is 12.7. The Bertz CT molecular complexity index is 789. The maximum Gasteiger partial charge on any atom is 0.147 e. The van der Waals surface area contributed by atoms with Gasteiger partial charge < -0.3 is 0 Å². The lowest BCUT2D eigenvalue weighted by Gasteiger charge is -2.28. The number of rotatable bonds is 1. The van der Waals surface area contributed by atoms with E-state index >= 15 is 0 Å². The predicted molar refractivity (Wildman–Crippen MR) is 91.1 cm³/mol. The molecule has 110 valence electrons. The molecule has 1 fully saturated rings. The number of hydrogen-bond acceptors (Lipinski definition) is 4. The standard InChI is InChI=1S/C18H16N2OS/c1-11-18-15(20-14-6-3-2-5-13(14)19-11)9-12(10-16(18)21)17-7-4-8-22-17/h2-8,12,18H,9-10H2,1H3/t12-,18-/m0/s1. The molecule has 4 rings (SSSR count). The van der Waals surface area contributed by atoms with Crippen LogP contribution in [-0.4, -0.2) is 17.2 Å². The Hall–Kier alpha value is -2.07. The second-order valence-corrected chi connectivity index (χ2v) is 6.84.